The Labute approximate surface area is 171 Å². The Morgan fingerprint density at radius 2 is 2.11 bits per heavy atom. The van der Waals surface area contributed by atoms with E-state index in [4.69, 9.17) is 16.0 Å². The Balaban J connectivity index is 1.55. The maximum Gasteiger partial charge on any atom is 0.287 e. The highest BCUT2D eigenvalue weighted by molar-refractivity contribution is 7.10. The number of nitrogens with one attached hydrogen (secondary N) is 1. The van der Waals surface area contributed by atoms with Crippen LogP contribution >= 0.6 is 22.9 Å². The first-order valence-corrected chi connectivity index (χ1v) is 10.6. The smallest absolute Gasteiger partial charge is 0.287 e. The van der Waals surface area contributed by atoms with Crippen LogP contribution in [0.3, 0.4) is 0 Å². The molecule has 146 valence electrons. The highest BCUT2D eigenvalue weighted by Crippen LogP contribution is 2.28. The predicted molar refractivity (Wildman–Crippen MR) is 112 cm³/mol. The van der Waals surface area contributed by atoms with Gasteiger partial charge >= 0.3 is 0 Å². The molecule has 0 saturated carbocycles. The molecule has 3 heterocycles. The van der Waals surface area contributed by atoms with E-state index in [2.05, 4.69) is 21.7 Å². The molecule has 1 fully saturated rings. The van der Waals surface area contributed by atoms with Gasteiger partial charge in [-0.1, -0.05) is 17.7 Å². The molecule has 1 atom stereocenters. The lowest BCUT2D eigenvalue weighted by molar-refractivity contribution is 0.0911. The fourth-order valence-corrected chi connectivity index (χ4v) is 4.63. The highest BCUT2D eigenvalue weighted by Gasteiger charge is 2.25. The third-order valence-corrected chi connectivity index (χ3v) is 6.52. The minimum atomic E-state index is -0.382. The number of hydrogen-bond donors (Lipinski definition) is 1. The van der Waals surface area contributed by atoms with Crippen molar-refractivity contribution in [2.45, 2.75) is 25.8 Å². The van der Waals surface area contributed by atoms with Crippen LogP contribution in [-0.4, -0.2) is 30.4 Å². The zero-order valence-electron chi connectivity index (χ0n) is 15.5. The molecule has 1 saturated heterocycles. The van der Waals surface area contributed by atoms with Crippen LogP contribution in [0.5, 0.6) is 0 Å². The number of carbonyl (C=O) groups excluding carboxylic acids is 1. The molecule has 0 radical (unpaired) electrons. The van der Waals surface area contributed by atoms with E-state index in [9.17, 15) is 9.59 Å². The van der Waals surface area contributed by atoms with Gasteiger partial charge in [-0.25, -0.2) is 0 Å². The number of fused-ring (bicyclic) bond motifs is 1. The van der Waals surface area contributed by atoms with Gasteiger partial charge in [-0.15, -0.1) is 11.3 Å². The zero-order valence-corrected chi connectivity index (χ0v) is 17.1. The van der Waals surface area contributed by atoms with Crippen LogP contribution in [0.25, 0.3) is 11.0 Å². The molecule has 1 aliphatic heterocycles. The lowest BCUT2D eigenvalue weighted by atomic mass is 10.1. The van der Waals surface area contributed by atoms with E-state index >= 15 is 0 Å². The van der Waals surface area contributed by atoms with Gasteiger partial charge in [-0.2, -0.15) is 0 Å². The number of carbonyl (C=O) groups is 1. The van der Waals surface area contributed by atoms with Crippen LogP contribution < -0.4 is 10.7 Å². The van der Waals surface area contributed by atoms with Gasteiger partial charge in [0.1, 0.15) is 5.58 Å². The van der Waals surface area contributed by atoms with Crippen molar-refractivity contribution in [3.63, 3.8) is 0 Å². The molecule has 7 heteroatoms. The molecular weight excluding hydrogens is 396 g/mol. The number of rotatable bonds is 5. The molecule has 1 amide bonds. The SMILES string of the molecule is Cc1cc2oc(C(=O)NCC(c3cccs3)N3CCCC3)cc(=O)c2cc1Cl. The quantitative estimate of drug-likeness (QED) is 0.670. The topological polar surface area (TPSA) is 62.6 Å². The number of thiophene rings is 1. The van der Waals surface area contributed by atoms with Crippen LogP contribution in [0.4, 0.5) is 0 Å². The summed E-state index contributed by atoms with van der Waals surface area (Å²) in [5.41, 5.74) is 0.887. The zero-order chi connectivity index (χ0) is 19.7. The summed E-state index contributed by atoms with van der Waals surface area (Å²) in [6.07, 6.45) is 2.36. The van der Waals surface area contributed by atoms with Gasteiger partial charge in [0, 0.05) is 22.5 Å². The van der Waals surface area contributed by atoms with E-state index < -0.39 is 0 Å². The van der Waals surface area contributed by atoms with Gasteiger partial charge in [0.15, 0.2) is 11.2 Å². The van der Waals surface area contributed by atoms with Gasteiger partial charge in [-0.3, -0.25) is 14.5 Å². The van der Waals surface area contributed by atoms with Crippen LogP contribution in [-0.2, 0) is 0 Å². The van der Waals surface area contributed by atoms with E-state index in [1.165, 1.54) is 23.8 Å². The largest absolute Gasteiger partial charge is 0.451 e. The second-order valence-corrected chi connectivity index (χ2v) is 8.44. The fourth-order valence-electron chi connectivity index (χ4n) is 3.61. The average Bonchev–Trinajstić information content (AvgIpc) is 3.38. The molecule has 5 nitrogen and oxygen atoms in total. The van der Waals surface area contributed by atoms with Gasteiger partial charge in [-0.05, 0) is 62.0 Å². The summed E-state index contributed by atoms with van der Waals surface area (Å²) >= 11 is 7.79. The second-order valence-electron chi connectivity index (χ2n) is 7.06. The number of amides is 1. The van der Waals surface area contributed by atoms with E-state index in [1.807, 2.05) is 13.0 Å². The van der Waals surface area contributed by atoms with Gasteiger partial charge in [0.2, 0.25) is 0 Å². The summed E-state index contributed by atoms with van der Waals surface area (Å²) in [6.45, 7) is 4.37. The third-order valence-electron chi connectivity index (χ3n) is 5.14. The van der Waals surface area contributed by atoms with Crippen molar-refractivity contribution in [2.75, 3.05) is 19.6 Å². The summed E-state index contributed by atoms with van der Waals surface area (Å²) in [5.74, 6) is -0.363. The highest BCUT2D eigenvalue weighted by atomic mass is 35.5. The van der Waals surface area contributed by atoms with Crippen LogP contribution in [0.1, 0.15) is 39.9 Å². The molecule has 4 rings (SSSR count). The van der Waals surface area contributed by atoms with E-state index in [0.717, 1.165) is 18.7 Å². The van der Waals surface area contributed by atoms with Crippen molar-refractivity contribution in [3.05, 3.63) is 67.2 Å². The average molecular weight is 417 g/mol. The summed E-state index contributed by atoms with van der Waals surface area (Å²) in [4.78, 5) is 28.7. The number of aryl methyl sites for hydroxylation is 1. The van der Waals surface area contributed by atoms with Crippen molar-refractivity contribution in [1.82, 2.24) is 10.2 Å². The van der Waals surface area contributed by atoms with Gasteiger partial charge < -0.3 is 9.73 Å². The van der Waals surface area contributed by atoms with E-state index in [1.54, 1.807) is 23.5 Å². The molecular formula is C21H21ClN2O3S. The molecule has 1 N–H and O–H groups in total. The number of nitrogens with zero attached hydrogens (tertiary/aromatic N) is 1. The molecule has 28 heavy (non-hydrogen) atoms. The van der Waals surface area contributed by atoms with E-state index in [0.29, 0.717) is 22.5 Å². The summed E-state index contributed by atoms with van der Waals surface area (Å²) in [5, 5.41) is 5.88. The molecule has 2 aromatic heterocycles. The Kier molecular flexibility index (Phi) is 5.53. The number of hydrogen-bond acceptors (Lipinski definition) is 5. The Morgan fingerprint density at radius 3 is 2.82 bits per heavy atom. The molecule has 1 aromatic carbocycles. The normalized spacial score (nSPS) is 15.8. The Bertz CT molecular complexity index is 1060. The van der Waals surface area contributed by atoms with Crippen LogP contribution in [0.2, 0.25) is 5.02 Å². The summed E-state index contributed by atoms with van der Waals surface area (Å²) in [6, 6.07) is 8.77. The first-order chi connectivity index (χ1) is 13.5. The van der Waals surface area contributed by atoms with Crippen LogP contribution in [0, 0.1) is 6.92 Å². The number of likely N-dealkylation sites (tertiary alicyclic amines) is 1. The van der Waals surface area contributed by atoms with Crippen molar-refractivity contribution >= 4 is 39.8 Å². The number of benzene rings is 1. The monoisotopic (exact) mass is 416 g/mol. The summed E-state index contributed by atoms with van der Waals surface area (Å²) in [7, 11) is 0. The van der Waals surface area contributed by atoms with Crippen molar-refractivity contribution in [2.24, 2.45) is 0 Å². The van der Waals surface area contributed by atoms with Crippen LogP contribution in [0.15, 0.2) is 44.9 Å². The molecule has 1 unspecified atom stereocenters. The maximum atomic E-state index is 12.7. The minimum Gasteiger partial charge on any atom is -0.451 e. The molecule has 0 aliphatic carbocycles. The second kappa shape index (κ2) is 8.07. The molecule has 1 aliphatic rings. The Hall–Kier alpha value is -2.15. The minimum absolute atomic E-state index is 0.0190. The number of halogens is 1. The molecule has 3 aromatic rings. The molecule has 0 spiro atoms. The molecule has 0 bridgehead atoms. The van der Waals surface area contributed by atoms with Crippen molar-refractivity contribution in [3.8, 4) is 0 Å². The van der Waals surface area contributed by atoms with Crippen molar-refractivity contribution in [1.29, 1.82) is 0 Å². The first-order valence-electron chi connectivity index (χ1n) is 9.32. The van der Waals surface area contributed by atoms with Gasteiger partial charge in [0.05, 0.1) is 11.4 Å². The predicted octanol–water partition coefficient (Wildman–Crippen LogP) is 4.38. The summed E-state index contributed by atoms with van der Waals surface area (Å²) < 4.78 is 5.71. The fraction of sp³-hybridized carbons (Fsp3) is 0.333. The lowest BCUT2D eigenvalue weighted by Crippen LogP contribution is -2.36. The van der Waals surface area contributed by atoms with E-state index in [-0.39, 0.29) is 23.1 Å². The standard InChI is InChI=1S/C21H21ClN2O3S/c1-13-9-18-14(10-15(13)22)17(25)11-19(27-18)21(26)23-12-16(20-5-4-8-28-20)24-6-2-3-7-24/h4-5,8-11,16H,2-3,6-7,12H2,1H3,(H,23,26). The first kappa shape index (κ1) is 19.2. The third kappa shape index (κ3) is 3.85. The Morgan fingerprint density at radius 1 is 1.32 bits per heavy atom. The maximum absolute atomic E-state index is 12.7. The van der Waals surface area contributed by atoms with Crippen molar-refractivity contribution < 1.29 is 9.21 Å². The van der Waals surface area contributed by atoms with Gasteiger partial charge in [0.25, 0.3) is 5.91 Å². The lowest BCUT2D eigenvalue weighted by Gasteiger charge is -2.26.